The van der Waals surface area contributed by atoms with Gasteiger partial charge in [-0.25, -0.2) is 0 Å². The minimum absolute atomic E-state index is 0.116. The average Bonchev–Trinajstić information content (AvgIpc) is 2.20. The standard InChI is InChI=1S/C9H9F3N2O4/c10-9(11,12)18-8-5(2-7(16)17)14-4(3-13)1-6(8)15/h1H,2-3,13H2,(H,14,15)(H,16,17). The highest BCUT2D eigenvalue weighted by atomic mass is 19.4. The lowest BCUT2D eigenvalue weighted by atomic mass is 10.2. The zero-order chi connectivity index (χ0) is 13.9. The van der Waals surface area contributed by atoms with E-state index >= 15 is 0 Å². The van der Waals surface area contributed by atoms with Gasteiger partial charge in [0.25, 0.3) is 0 Å². The van der Waals surface area contributed by atoms with Gasteiger partial charge < -0.3 is 20.6 Å². The van der Waals surface area contributed by atoms with E-state index in [1.165, 1.54) is 0 Å². The van der Waals surface area contributed by atoms with Gasteiger partial charge in [0.05, 0.1) is 12.1 Å². The summed E-state index contributed by atoms with van der Waals surface area (Å²) < 4.78 is 39.7. The fraction of sp³-hybridized carbons (Fsp3) is 0.333. The highest BCUT2D eigenvalue weighted by Crippen LogP contribution is 2.22. The molecule has 0 saturated heterocycles. The van der Waals surface area contributed by atoms with Crippen LogP contribution in [0.25, 0.3) is 0 Å². The third-order valence-corrected chi connectivity index (χ3v) is 1.88. The van der Waals surface area contributed by atoms with E-state index in [0.29, 0.717) is 0 Å². The number of rotatable bonds is 4. The minimum Gasteiger partial charge on any atom is -0.481 e. The number of carboxylic acids is 1. The molecular formula is C9H9F3N2O4. The molecule has 0 aliphatic heterocycles. The van der Waals surface area contributed by atoms with Gasteiger partial charge in [-0.3, -0.25) is 9.59 Å². The van der Waals surface area contributed by atoms with E-state index in [1.54, 1.807) is 0 Å². The van der Waals surface area contributed by atoms with Crippen LogP contribution in [-0.4, -0.2) is 22.4 Å². The first-order valence-corrected chi connectivity index (χ1v) is 4.65. The Bertz CT molecular complexity index is 510. The second-order valence-corrected chi connectivity index (χ2v) is 3.29. The molecule has 6 nitrogen and oxygen atoms in total. The molecule has 0 aromatic carbocycles. The molecule has 18 heavy (non-hydrogen) atoms. The topological polar surface area (TPSA) is 105 Å². The fourth-order valence-electron chi connectivity index (χ4n) is 1.27. The summed E-state index contributed by atoms with van der Waals surface area (Å²) in [6.07, 6.45) is -5.89. The van der Waals surface area contributed by atoms with Crippen LogP contribution in [0.15, 0.2) is 10.9 Å². The molecule has 0 aliphatic rings. The lowest BCUT2D eigenvalue weighted by molar-refractivity contribution is -0.275. The van der Waals surface area contributed by atoms with Crippen LogP contribution in [0.3, 0.4) is 0 Å². The third kappa shape index (κ3) is 3.77. The molecule has 1 rings (SSSR count). The summed E-state index contributed by atoms with van der Waals surface area (Å²) in [5.74, 6) is -2.49. The number of aliphatic carboxylic acids is 1. The average molecular weight is 266 g/mol. The molecule has 0 atom stereocenters. The number of ether oxygens (including phenoxy) is 1. The SMILES string of the molecule is NCc1cc(=O)c(OC(F)(F)F)c(CC(=O)O)[nH]1. The van der Waals surface area contributed by atoms with Gasteiger partial charge in [0, 0.05) is 18.3 Å². The molecule has 1 heterocycles. The van der Waals surface area contributed by atoms with Gasteiger partial charge in [-0.05, 0) is 0 Å². The molecule has 0 spiro atoms. The zero-order valence-corrected chi connectivity index (χ0v) is 8.87. The number of nitrogens with one attached hydrogen (secondary N) is 1. The third-order valence-electron chi connectivity index (χ3n) is 1.88. The Morgan fingerprint density at radius 3 is 2.56 bits per heavy atom. The summed E-state index contributed by atoms with van der Waals surface area (Å²) >= 11 is 0. The summed E-state index contributed by atoms with van der Waals surface area (Å²) in [4.78, 5) is 24.2. The first kappa shape index (κ1) is 14.0. The molecule has 0 amide bonds. The van der Waals surface area contributed by atoms with Gasteiger partial charge in [0.2, 0.25) is 5.43 Å². The number of hydrogen-bond acceptors (Lipinski definition) is 4. The Balaban J connectivity index is 3.28. The monoisotopic (exact) mass is 266 g/mol. The van der Waals surface area contributed by atoms with Gasteiger partial charge in [-0.1, -0.05) is 0 Å². The molecule has 0 radical (unpaired) electrons. The Labute approximate surface area is 98.2 Å². The van der Waals surface area contributed by atoms with Crippen LogP contribution < -0.4 is 15.9 Å². The predicted molar refractivity (Wildman–Crippen MR) is 53.0 cm³/mol. The van der Waals surface area contributed by atoms with Crippen LogP contribution in [0.1, 0.15) is 11.4 Å². The minimum atomic E-state index is -5.08. The molecule has 1 aromatic heterocycles. The number of carbonyl (C=O) groups is 1. The molecule has 100 valence electrons. The maximum atomic E-state index is 12.1. The van der Waals surface area contributed by atoms with E-state index < -0.39 is 35.6 Å². The highest BCUT2D eigenvalue weighted by Gasteiger charge is 2.34. The Kier molecular flexibility index (Phi) is 3.96. The van der Waals surface area contributed by atoms with Gasteiger partial charge in [0.15, 0.2) is 5.75 Å². The van der Waals surface area contributed by atoms with Crippen LogP contribution in [-0.2, 0) is 17.8 Å². The number of aromatic nitrogens is 1. The lowest BCUT2D eigenvalue weighted by Crippen LogP contribution is -2.25. The van der Waals surface area contributed by atoms with Crippen LogP contribution in [0.4, 0.5) is 13.2 Å². The van der Waals surface area contributed by atoms with Crippen LogP contribution in [0.2, 0.25) is 0 Å². The number of hydrogen-bond donors (Lipinski definition) is 3. The van der Waals surface area contributed by atoms with Crippen molar-refractivity contribution in [2.24, 2.45) is 5.73 Å². The largest absolute Gasteiger partial charge is 0.573 e. The predicted octanol–water partition coefficient (Wildman–Crippen LogP) is 0.359. The molecule has 4 N–H and O–H groups in total. The Morgan fingerprint density at radius 2 is 2.11 bits per heavy atom. The van der Waals surface area contributed by atoms with Crippen LogP contribution in [0.5, 0.6) is 5.75 Å². The summed E-state index contributed by atoms with van der Waals surface area (Å²) in [5.41, 5.74) is 3.77. The molecule has 9 heteroatoms. The molecule has 1 aromatic rings. The van der Waals surface area contributed by atoms with Crippen molar-refractivity contribution in [1.82, 2.24) is 4.98 Å². The normalized spacial score (nSPS) is 11.3. The van der Waals surface area contributed by atoms with Crippen molar-refractivity contribution >= 4 is 5.97 Å². The van der Waals surface area contributed by atoms with E-state index in [-0.39, 0.29) is 12.2 Å². The van der Waals surface area contributed by atoms with Crippen molar-refractivity contribution in [2.45, 2.75) is 19.3 Å². The summed E-state index contributed by atoms with van der Waals surface area (Å²) in [5, 5.41) is 8.55. The maximum Gasteiger partial charge on any atom is 0.573 e. The smallest absolute Gasteiger partial charge is 0.481 e. The zero-order valence-electron chi connectivity index (χ0n) is 8.87. The Hall–Kier alpha value is -2.03. The van der Waals surface area contributed by atoms with Crippen LogP contribution in [0, 0.1) is 0 Å². The molecular weight excluding hydrogens is 257 g/mol. The van der Waals surface area contributed by atoms with E-state index in [1.807, 2.05) is 0 Å². The van der Waals surface area contributed by atoms with Crippen molar-refractivity contribution in [3.63, 3.8) is 0 Å². The van der Waals surface area contributed by atoms with Crippen molar-refractivity contribution < 1.29 is 27.8 Å². The van der Waals surface area contributed by atoms with E-state index in [4.69, 9.17) is 10.8 Å². The summed E-state index contributed by atoms with van der Waals surface area (Å²) in [7, 11) is 0. The van der Waals surface area contributed by atoms with Crippen molar-refractivity contribution in [3.05, 3.63) is 27.7 Å². The number of H-pyrrole nitrogens is 1. The van der Waals surface area contributed by atoms with Gasteiger partial charge >= 0.3 is 12.3 Å². The Morgan fingerprint density at radius 1 is 1.50 bits per heavy atom. The van der Waals surface area contributed by atoms with Gasteiger partial charge in [-0.15, -0.1) is 13.2 Å². The number of nitrogens with two attached hydrogens (primary N) is 1. The van der Waals surface area contributed by atoms with Crippen LogP contribution >= 0.6 is 0 Å². The van der Waals surface area contributed by atoms with Gasteiger partial charge in [0.1, 0.15) is 0 Å². The number of carboxylic acid groups (broad SMARTS) is 1. The summed E-state index contributed by atoms with van der Waals surface area (Å²) in [6, 6.07) is 0.826. The van der Waals surface area contributed by atoms with Crippen molar-refractivity contribution in [2.75, 3.05) is 0 Å². The van der Waals surface area contributed by atoms with Crippen molar-refractivity contribution in [1.29, 1.82) is 0 Å². The number of alkyl halides is 3. The fourth-order valence-corrected chi connectivity index (χ4v) is 1.27. The first-order chi connectivity index (χ1) is 8.23. The molecule has 0 fully saturated rings. The van der Waals surface area contributed by atoms with E-state index in [9.17, 15) is 22.8 Å². The quantitative estimate of drug-likeness (QED) is 0.729. The summed E-state index contributed by atoms with van der Waals surface area (Å²) in [6.45, 7) is -0.145. The number of pyridine rings is 1. The molecule has 0 bridgehead atoms. The lowest BCUT2D eigenvalue weighted by Gasteiger charge is -2.12. The molecule has 0 unspecified atom stereocenters. The highest BCUT2D eigenvalue weighted by molar-refractivity contribution is 5.70. The number of halogens is 3. The second-order valence-electron chi connectivity index (χ2n) is 3.29. The van der Waals surface area contributed by atoms with E-state index in [0.717, 1.165) is 6.07 Å². The van der Waals surface area contributed by atoms with Gasteiger partial charge in [-0.2, -0.15) is 0 Å². The van der Waals surface area contributed by atoms with Crippen molar-refractivity contribution in [3.8, 4) is 5.75 Å². The first-order valence-electron chi connectivity index (χ1n) is 4.65. The van der Waals surface area contributed by atoms with E-state index in [2.05, 4.69) is 9.72 Å². The molecule has 0 saturated carbocycles. The number of aromatic amines is 1. The second kappa shape index (κ2) is 5.08. The maximum absolute atomic E-state index is 12.1. The molecule has 0 aliphatic carbocycles.